The lowest BCUT2D eigenvalue weighted by molar-refractivity contribution is -0.137. The third-order valence-corrected chi connectivity index (χ3v) is 6.93. The molecule has 0 saturated carbocycles. The van der Waals surface area contributed by atoms with Gasteiger partial charge >= 0.3 is 5.97 Å². The number of aryl methyl sites for hydroxylation is 1. The van der Waals surface area contributed by atoms with Crippen LogP contribution in [-0.2, 0) is 18.3 Å². The van der Waals surface area contributed by atoms with Crippen LogP contribution < -0.4 is 0 Å². The minimum Gasteiger partial charge on any atom is -0.481 e. The number of carbonyl (C=O) groups is 3. The molecule has 1 amide bonds. The zero-order valence-corrected chi connectivity index (χ0v) is 23.0. The minimum absolute atomic E-state index is 0.0940. The molecule has 9 heteroatoms. The van der Waals surface area contributed by atoms with Crippen LogP contribution in [0, 0.1) is 17.2 Å². The number of rotatable bonds is 13. The second-order valence-corrected chi connectivity index (χ2v) is 10.4. The number of hydrogen-bond donors (Lipinski definition) is 2. The Labute approximate surface area is 228 Å². The molecule has 0 aliphatic heterocycles. The summed E-state index contributed by atoms with van der Waals surface area (Å²) in [5, 5.41) is 29.8. The number of amides is 1. The summed E-state index contributed by atoms with van der Waals surface area (Å²) in [5.41, 5.74) is 3.54. The number of aromatic nitrogens is 2. The molecule has 39 heavy (non-hydrogen) atoms. The maximum atomic E-state index is 13.4. The number of fused-ring (bicyclic) bond motifs is 1. The number of Topliss-reactive ketones (excluding diaryl/α,β-unsaturated/α-hetero) is 1. The normalized spacial score (nSPS) is 12.6. The van der Waals surface area contributed by atoms with Crippen LogP contribution in [0.2, 0.25) is 0 Å². The zero-order chi connectivity index (χ0) is 28.7. The number of hydrogen-bond acceptors (Lipinski definition) is 6. The van der Waals surface area contributed by atoms with Crippen molar-refractivity contribution in [1.29, 1.82) is 5.26 Å². The Morgan fingerprint density at radius 2 is 1.87 bits per heavy atom. The van der Waals surface area contributed by atoms with Crippen LogP contribution >= 0.6 is 0 Å². The molecule has 3 rings (SSSR count). The lowest BCUT2D eigenvalue weighted by Gasteiger charge is -2.14. The Kier molecular flexibility index (Phi) is 9.96. The van der Waals surface area contributed by atoms with Gasteiger partial charge in [-0.05, 0) is 48.9 Å². The molecule has 9 nitrogen and oxygen atoms in total. The first kappa shape index (κ1) is 29.5. The monoisotopic (exact) mass is 532 g/mol. The molecule has 1 unspecified atom stereocenters. The van der Waals surface area contributed by atoms with Crippen LogP contribution in [0.3, 0.4) is 0 Å². The molecule has 2 atom stereocenters. The summed E-state index contributed by atoms with van der Waals surface area (Å²) in [7, 11) is 5.23. The van der Waals surface area contributed by atoms with Crippen LogP contribution in [0.15, 0.2) is 36.5 Å². The molecule has 0 fully saturated rings. The fraction of sp³-hybridized carbons (Fsp3) is 0.433. The minimum atomic E-state index is -0.944. The summed E-state index contributed by atoms with van der Waals surface area (Å²) >= 11 is 0. The Balaban J connectivity index is 1.70. The molecule has 2 aromatic heterocycles. The van der Waals surface area contributed by atoms with E-state index in [0.717, 1.165) is 25.0 Å². The summed E-state index contributed by atoms with van der Waals surface area (Å²) in [6.45, 7) is 1.74. The quantitative estimate of drug-likeness (QED) is 0.241. The van der Waals surface area contributed by atoms with Crippen molar-refractivity contribution in [3.05, 3.63) is 64.5 Å². The first-order chi connectivity index (χ1) is 18.5. The molecule has 3 aromatic rings. The molecular weight excluding hydrogens is 496 g/mol. The SMILES string of the molecule is C[C@H](CC(=O)O)CC(=O)c1c(CCCCCC(O)c2cccc(C(=O)N(C)C)c2)n(C)c2ncc(C#N)cc12. The molecule has 0 aliphatic rings. The van der Waals surface area contributed by atoms with Gasteiger partial charge in [0.05, 0.1) is 11.7 Å². The number of pyridine rings is 1. The van der Waals surface area contributed by atoms with Crippen LogP contribution in [-0.4, -0.2) is 56.4 Å². The van der Waals surface area contributed by atoms with Gasteiger partial charge in [0.15, 0.2) is 5.78 Å². The average molecular weight is 533 g/mol. The van der Waals surface area contributed by atoms with Crippen LogP contribution in [0.25, 0.3) is 11.0 Å². The van der Waals surface area contributed by atoms with Crippen molar-refractivity contribution >= 4 is 28.7 Å². The second-order valence-electron chi connectivity index (χ2n) is 10.4. The van der Waals surface area contributed by atoms with Gasteiger partial charge in [0.1, 0.15) is 11.7 Å². The van der Waals surface area contributed by atoms with E-state index in [1.165, 1.54) is 11.1 Å². The fourth-order valence-electron chi connectivity index (χ4n) is 4.92. The summed E-state index contributed by atoms with van der Waals surface area (Å²) in [6.07, 6.45) is 4.29. The van der Waals surface area contributed by atoms with E-state index in [0.29, 0.717) is 46.1 Å². The number of nitrogens with zero attached hydrogens (tertiary/aromatic N) is 4. The number of nitriles is 1. The van der Waals surface area contributed by atoms with Gasteiger partial charge in [-0.25, -0.2) is 4.98 Å². The number of benzene rings is 1. The largest absolute Gasteiger partial charge is 0.481 e. The fourth-order valence-corrected chi connectivity index (χ4v) is 4.92. The van der Waals surface area contributed by atoms with Crippen LogP contribution in [0.4, 0.5) is 0 Å². The highest BCUT2D eigenvalue weighted by atomic mass is 16.4. The molecule has 2 heterocycles. The average Bonchev–Trinajstić information content (AvgIpc) is 3.17. The number of carboxylic acids is 1. The van der Waals surface area contributed by atoms with Crippen molar-refractivity contribution in [2.45, 2.75) is 58.0 Å². The summed E-state index contributed by atoms with van der Waals surface area (Å²) in [4.78, 5) is 42.6. The molecule has 1 aromatic carbocycles. The van der Waals surface area contributed by atoms with Gasteiger partial charge in [-0.15, -0.1) is 0 Å². The summed E-state index contributed by atoms with van der Waals surface area (Å²) in [5.74, 6) is -1.53. The third-order valence-electron chi connectivity index (χ3n) is 6.93. The van der Waals surface area contributed by atoms with Gasteiger partial charge in [-0.2, -0.15) is 5.26 Å². The summed E-state index contributed by atoms with van der Waals surface area (Å²) in [6, 6.07) is 10.8. The van der Waals surface area contributed by atoms with E-state index in [4.69, 9.17) is 5.11 Å². The molecule has 0 spiro atoms. The van der Waals surface area contributed by atoms with E-state index in [1.807, 2.05) is 17.7 Å². The van der Waals surface area contributed by atoms with E-state index >= 15 is 0 Å². The van der Waals surface area contributed by atoms with Gasteiger partial charge < -0.3 is 19.7 Å². The molecule has 2 N–H and O–H groups in total. The third kappa shape index (κ3) is 7.30. The molecule has 0 bridgehead atoms. The Morgan fingerprint density at radius 3 is 2.54 bits per heavy atom. The number of aliphatic carboxylic acids is 1. The van der Waals surface area contributed by atoms with E-state index < -0.39 is 12.1 Å². The lowest BCUT2D eigenvalue weighted by Crippen LogP contribution is -2.21. The van der Waals surface area contributed by atoms with Gasteiger partial charge in [0.2, 0.25) is 0 Å². The van der Waals surface area contributed by atoms with Crippen LogP contribution in [0.1, 0.15) is 89.1 Å². The van der Waals surface area contributed by atoms with Gasteiger partial charge in [-0.1, -0.05) is 31.9 Å². The van der Waals surface area contributed by atoms with Crippen molar-refractivity contribution in [3.8, 4) is 6.07 Å². The van der Waals surface area contributed by atoms with E-state index in [-0.39, 0.29) is 30.4 Å². The predicted octanol–water partition coefficient (Wildman–Crippen LogP) is 4.67. The standard InChI is InChI=1S/C30H36N4O5/c1-19(14-27(37)38)13-26(36)28-23-15-20(17-31)18-32-29(23)34(4)24(28)11-6-5-7-12-25(35)21-9-8-10-22(16-21)30(39)33(2)3/h8-10,15-16,18-19,25,35H,5-7,11-14H2,1-4H3,(H,37,38)/t19-,25?/m0/s1. The maximum Gasteiger partial charge on any atom is 0.303 e. The van der Waals surface area contributed by atoms with E-state index in [9.17, 15) is 24.8 Å². The van der Waals surface area contributed by atoms with Gasteiger partial charge in [0.25, 0.3) is 5.91 Å². The number of carboxylic acid groups (broad SMARTS) is 1. The van der Waals surface area contributed by atoms with E-state index in [1.54, 1.807) is 45.3 Å². The predicted molar refractivity (Wildman–Crippen MR) is 147 cm³/mol. The van der Waals surface area contributed by atoms with Gasteiger partial charge in [0, 0.05) is 62.4 Å². The number of carbonyl (C=O) groups excluding carboxylic acids is 2. The smallest absolute Gasteiger partial charge is 0.303 e. The Bertz CT molecular complexity index is 1400. The Hall–Kier alpha value is -4.03. The van der Waals surface area contributed by atoms with Crippen molar-refractivity contribution in [3.63, 3.8) is 0 Å². The van der Waals surface area contributed by atoms with E-state index in [2.05, 4.69) is 11.1 Å². The number of aliphatic hydroxyl groups is 1. The molecular formula is C30H36N4O5. The topological polar surface area (TPSA) is 137 Å². The molecule has 0 aliphatic carbocycles. The Morgan fingerprint density at radius 1 is 1.13 bits per heavy atom. The number of ketones is 1. The van der Waals surface area contributed by atoms with Crippen molar-refractivity contribution in [2.24, 2.45) is 13.0 Å². The summed E-state index contributed by atoms with van der Waals surface area (Å²) < 4.78 is 1.88. The van der Waals surface area contributed by atoms with Gasteiger partial charge in [-0.3, -0.25) is 14.4 Å². The second kappa shape index (κ2) is 13.2. The highest BCUT2D eigenvalue weighted by Gasteiger charge is 2.24. The van der Waals surface area contributed by atoms with Crippen molar-refractivity contribution in [2.75, 3.05) is 14.1 Å². The van der Waals surface area contributed by atoms with Crippen LogP contribution in [0.5, 0.6) is 0 Å². The lowest BCUT2D eigenvalue weighted by atomic mass is 9.94. The van der Waals surface area contributed by atoms with Crippen molar-refractivity contribution in [1.82, 2.24) is 14.5 Å². The molecule has 0 saturated heterocycles. The van der Waals surface area contributed by atoms with Crippen molar-refractivity contribution < 1.29 is 24.6 Å². The maximum absolute atomic E-state index is 13.4. The highest BCUT2D eigenvalue weighted by molar-refractivity contribution is 6.09. The highest BCUT2D eigenvalue weighted by Crippen LogP contribution is 2.29. The number of aliphatic hydroxyl groups excluding tert-OH is 1. The first-order valence-corrected chi connectivity index (χ1v) is 13.2. The first-order valence-electron chi connectivity index (χ1n) is 13.2. The molecule has 206 valence electrons. The zero-order valence-electron chi connectivity index (χ0n) is 23.0. The molecule has 0 radical (unpaired) electrons. The number of unbranched alkanes of at least 4 members (excludes halogenated alkanes) is 2.